The van der Waals surface area contributed by atoms with Crippen molar-refractivity contribution in [3.63, 3.8) is 0 Å². The summed E-state index contributed by atoms with van der Waals surface area (Å²) in [5.74, 6) is 0. The van der Waals surface area contributed by atoms with E-state index in [9.17, 15) is 23.1 Å². The molecule has 2 unspecified atom stereocenters. The molecular formula is C12H16F3N3O2S. The minimum Gasteiger partial charge on any atom is -0.391 e. The van der Waals surface area contributed by atoms with Crippen LogP contribution < -0.4 is 10.6 Å². The molecule has 1 saturated carbocycles. The first-order valence-electron chi connectivity index (χ1n) is 6.60. The molecule has 1 fully saturated rings. The largest absolute Gasteiger partial charge is 0.434 e. The second-order valence-electron chi connectivity index (χ2n) is 4.91. The maximum absolute atomic E-state index is 12.4. The Hall–Kier alpha value is -1.35. The summed E-state index contributed by atoms with van der Waals surface area (Å²) in [6.07, 6.45) is -1.83. The van der Waals surface area contributed by atoms with Crippen LogP contribution in [-0.2, 0) is 12.7 Å². The van der Waals surface area contributed by atoms with Crippen molar-refractivity contribution in [1.29, 1.82) is 0 Å². The van der Waals surface area contributed by atoms with Crippen LogP contribution in [0.3, 0.4) is 0 Å². The van der Waals surface area contributed by atoms with E-state index in [4.69, 9.17) is 0 Å². The molecule has 2 amide bonds. The normalized spacial score (nSPS) is 22.9. The molecule has 0 aromatic carbocycles. The molecule has 1 aliphatic carbocycles. The zero-order valence-electron chi connectivity index (χ0n) is 11.1. The molecular weight excluding hydrogens is 307 g/mol. The third-order valence-corrected chi connectivity index (χ3v) is 4.14. The van der Waals surface area contributed by atoms with Crippen LogP contribution in [0, 0.1) is 0 Å². The van der Waals surface area contributed by atoms with Gasteiger partial charge in [-0.3, -0.25) is 0 Å². The van der Waals surface area contributed by atoms with E-state index in [-0.39, 0.29) is 17.6 Å². The quantitative estimate of drug-likeness (QED) is 0.799. The molecule has 0 bridgehead atoms. The van der Waals surface area contributed by atoms with Crippen molar-refractivity contribution in [3.8, 4) is 0 Å². The molecule has 118 valence electrons. The summed E-state index contributed by atoms with van der Waals surface area (Å²) in [5.41, 5.74) is -0.951. The summed E-state index contributed by atoms with van der Waals surface area (Å²) >= 11 is 0.842. The lowest BCUT2D eigenvalue weighted by atomic mass is 9.93. The number of rotatable bonds is 3. The summed E-state index contributed by atoms with van der Waals surface area (Å²) in [7, 11) is 0. The van der Waals surface area contributed by atoms with E-state index in [1.165, 1.54) is 0 Å². The van der Waals surface area contributed by atoms with Crippen LogP contribution in [0.1, 0.15) is 36.4 Å². The minimum absolute atomic E-state index is 0.0740. The van der Waals surface area contributed by atoms with Crippen molar-refractivity contribution in [3.05, 3.63) is 16.1 Å². The van der Waals surface area contributed by atoms with E-state index in [0.29, 0.717) is 12.8 Å². The Morgan fingerprint density at radius 1 is 1.43 bits per heavy atom. The Morgan fingerprint density at radius 3 is 2.76 bits per heavy atom. The zero-order valence-corrected chi connectivity index (χ0v) is 11.9. The maximum atomic E-state index is 12.4. The van der Waals surface area contributed by atoms with Crippen LogP contribution in [0.5, 0.6) is 0 Å². The average molecular weight is 323 g/mol. The van der Waals surface area contributed by atoms with E-state index in [1.807, 2.05) is 0 Å². The second-order valence-corrected chi connectivity index (χ2v) is 5.85. The molecule has 0 aliphatic heterocycles. The molecule has 1 aromatic rings. The number of aliphatic hydroxyl groups excluding tert-OH is 1. The topological polar surface area (TPSA) is 74.2 Å². The highest BCUT2D eigenvalue weighted by atomic mass is 32.1. The lowest BCUT2D eigenvalue weighted by molar-refractivity contribution is -0.140. The van der Waals surface area contributed by atoms with Gasteiger partial charge in [0.25, 0.3) is 0 Å². The molecule has 9 heteroatoms. The van der Waals surface area contributed by atoms with E-state index < -0.39 is 24.0 Å². The molecule has 21 heavy (non-hydrogen) atoms. The van der Waals surface area contributed by atoms with Crippen LogP contribution in [0.15, 0.2) is 5.38 Å². The number of alkyl halides is 3. The monoisotopic (exact) mass is 323 g/mol. The van der Waals surface area contributed by atoms with Gasteiger partial charge in [-0.15, -0.1) is 11.3 Å². The van der Waals surface area contributed by atoms with Crippen LogP contribution in [0.4, 0.5) is 18.0 Å². The zero-order chi connectivity index (χ0) is 15.5. The van der Waals surface area contributed by atoms with Gasteiger partial charge in [0.05, 0.1) is 18.7 Å². The van der Waals surface area contributed by atoms with Crippen molar-refractivity contribution in [1.82, 2.24) is 15.6 Å². The molecule has 3 N–H and O–H groups in total. The van der Waals surface area contributed by atoms with Gasteiger partial charge in [0.1, 0.15) is 5.01 Å². The second kappa shape index (κ2) is 6.61. The van der Waals surface area contributed by atoms with Gasteiger partial charge in [0, 0.05) is 5.38 Å². The number of aliphatic hydroxyl groups is 1. The van der Waals surface area contributed by atoms with Gasteiger partial charge in [0.15, 0.2) is 5.69 Å². The Labute approximate surface area is 123 Å². The molecule has 5 nitrogen and oxygen atoms in total. The smallest absolute Gasteiger partial charge is 0.391 e. The first kappa shape index (κ1) is 16.0. The summed E-state index contributed by atoms with van der Waals surface area (Å²) in [6.45, 7) is -0.0740. The summed E-state index contributed by atoms with van der Waals surface area (Å²) in [4.78, 5) is 15.1. The Morgan fingerprint density at radius 2 is 2.14 bits per heavy atom. The number of nitrogens with one attached hydrogen (secondary N) is 2. The van der Waals surface area contributed by atoms with Crippen molar-refractivity contribution in [2.75, 3.05) is 0 Å². The first-order valence-corrected chi connectivity index (χ1v) is 7.48. The summed E-state index contributed by atoms with van der Waals surface area (Å²) in [5, 5.41) is 15.9. The van der Waals surface area contributed by atoms with Crippen LogP contribution in [0.2, 0.25) is 0 Å². The van der Waals surface area contributed by atoms with Gasteiger partial charge < -0.3 is 15.7 Å². The van der Waals surface area contributed by atoms with Gasteiger partial charge in [-0.05, 0) is 12.8 Å². The lowest BCUT2D eigenvalue weighted by Crippen LogP contribution is -2.48. The highest BCUT2D eigenvalue weighted by Crippen LogP contribution is 2.29. The molecule has 1 heterocycles. The van der Waals surface area contributed by atoms with E-state index in [1.54, 1.807) is 0 Å². The fourth-order valence-corrected chi connectivity index (χ4v) is 2.92. The summed E-state index contributed by atoms with van der Waals surface area (Å²) in [6, 6.07) is -0.814. The Kier molecular flexibility index (Phi) is 5.04. The maximum Gasteiger partial charge on any atom is 0.434 e. The minimum atomic E-state index is -4.47. The van der Waals surface area contributed by atoms with Crippen molar-refractivity contribution in [2.24, 2.45) is 0 Å². The Bertz CT molecular complexity index is 492. The van der Waals surface area contributed by atoms with Crippen molar-refractivity contribution >= 4 is 17.4 Å². The van der Waals surface area contributed by atoms with E-state index in [0.717, 1.165) is 29.6 Å². The van der Waals surface area contributed by atoms with Gasteiger partial charge in [0.2, 0.25) is 0 Å². The number of urea groups is 1. The van der Waals surface area contributed by atoms with Gasteiger partial charge in [-0.2, -0.15) is 13.2 Å². The van der Waals surface area contributed by atoms with Gasteiger partial charge in [-0.1, -0.05) is 12.8 Å². The first-order chi connectivity index (χ1) is 9.86. The fourth-order valence-electron chi connectivity index (χ4n) is 2.18. The molecule has 1 aromatic heterocycles. The average Bonchev–Trinajstić information content (AvgIpc) is 2.88. The number of amides is 2. The third kappa shape index (κ3) is 4.57. The standard InChI is InChI=1S/C12H16F3N3O2S/c13-12(14,15)9-6-21-10(18-9)5-16-11(20)17-7-3-1-2-4-8(7)19/h6-8,19H,1-5H2,(H2,16,17,20). The highest BCUT2D eigenvalue weighted by Gasteiger charge is 2.33. The predicted octanol–water partition coefficient (Wildman–Crippen LogP) is 2.26. The van der Waals surface area contributed by atoms with E-state index >= 15 is 0 Å². The lowest BCUT2D eigenvalue weighted by Gasteiger charge is -2.28. The molecule has 0 radical (unpaired) electrons. The fraction of sp³-hybridized carbons (Fsp3) is 0.667. The number of halogens is 3. The number of carbonyl (C=O) groups is 1. The number of hydrogen-bond acceptors (Lipinski definition) is 4. The predicted molar refractivity (Wildman–Crippen MR) is 70.8 cm³/mol. The molecule has 1 aliphatic rings. The summed E-state index contributed by atoms with van der Waals surface area (Å²) < 4.78 is 37.1. The van der Waals surface area contributed by atoms with Gasteiger partial charge >= 0.3 is 12.2 Å². The SMILES string of the molecule is O=C(NCc1nc(C(F)(F)F)cs1)NC1CCCCC1O. The Balaban J connectivity index is 1.80. The van der Waals surface area contributed by atoms with Crippen LogP contribution in [-0.4, -0.2) is 28.3 Å². The van der Waals surface area contributed by atoms with Gasteiger partial charge in [-0.25, -0.2) is 9.78 Å². The third-order valence-electron chi connectivity index (χ3n) is 3.29. The molecule has 2 rings (SSSR count). The number of carbonyl (C=O) groups excluding carboxylic acids is 1. The van der Waals surface area contributed by atoms with Crippen molar-refractivity contribution < 1.29 is 23.1 Å². The highest BCUT2D eigenvalue weighted by molar-refractivity contribution is 7.09. The number of hydrogen-bond donors (Lipinski definition) is 3. The molecule has 0 saturated heterocycles. The van der Waals surface area contributed by atoms with Crippen LogP contribution in [0.25, 0.3) is 0 Å². The van der Waals surface area contributed by atoms with E-state index in [2.05, 4.69) is 15.6 Å². The molecule has 2 atom stereocenters. The van der Waals surface area contributed by atoms with Crippen LogP contribution >= 0.6 is 11.3 Å². The number of thiazole rings is 1. The van der Waals surface area contributed by atoms with Crippen molar-refractivity contribution in [2.45, 2.75) is 50.6 Å². The molecule has 0 spiro atoms. The number of nitrogens with zero attached hydrogens (tertiary/aromatic N) is 1. The number of aromatic nitrogens is 1.